The fraction of sp³-hybridized carbons (Fsp3) is 0.333. The zero-order valence-electron chi connectivity index (χ0n) is 11.3. The molecule has 0 saturated carbocycles. The number of hydrogen-bond donors (Lipinski definition) is 3. The minimum absolute atomic E-state index is 0.0696. The van der Waals surface area contributed by atoms with Gasteiger partial charge in [-0.3, -0.25) is 10.2 Å². The van der Waals surface area contributed by atoms with Gasteiger partial charge in [-0.25, -0.2) is 10.2 Å². The largest absolute Gasteiger partial charge is 0.484 e. The second-order valence-corrected chi connectivity index (χ2v) is 4.14. The van der Waals surface area contributed by atoms with Crippen LogP contribution in [0.15, 0.2) is 18.2 Å². The Balaban J connectivity index is 2.61. The van der Waals surface area contributed by atoms with Gasteiger partial charge in [-0.2, -0.15) is 13.2 Å². The van der Waals surface area contributed by atoms with Crippen molar-refractivity contribution in [2.75, 3.05) is 11.9 Å². The molecule has 0 aliphatic heterocycles. The lowest BCUT2D eigenvalue weighted by Gasteiger charge is -2.13. The molecule has 0 atom stereocenters. The highest BCUT2D eigenvalue weighted by atomic mass is 19.4. The average molecular weight is 305 g/mol. The van der Waals surface area contributed by atoms with Crippen LogP contribution in [0.25, 0.3) is 0 Å². The van der Waals surface area contributed by atoms with Gasteiger partial charge in [0, 0.05) is 12.6 Å². The molecular weight excluding hydrogens is 291 g/mol. The lowest BCUT2D eigenvalue weighted by atomic mass is 10.2. The molecule has 0 spiro atoms. The topological polar surface area (TPSA) is 79.5 Å². The Labute approximate surface area is 118 Å². The van der Waals surface area contributed by atoms with Crippen LogP contribution in [0.4, 0.5) is 23.7 Å². The van der Waals surface area contributed by atoms with E-state index in [0.29, 0.717) is 11.3 Å². The number of carbonyl (C=O) groups excluding carboxylic acids is 2. The molecule has 0 aliphatic rings. The van der Waals surface area contributed by atoms with Gasteiger partial charge >= 0.3 is 12.2 Å². The molecule has 0 saturated heterocycles. The van der Waals surface area contributed by atoms with Crippen molar-refractivity contribution >= 4 is 17.6 Å². The molecule has 3 amide bonds. The van der Waals surface area contributed by atoms with Crippen LogP contribution in [0.1, 0.15) is 12.5 Å². The first-order valence-electron chi connectivity index (χ1n) is 5.81. The second kappa shape index (κ2) is 6.82. The van der Waals surface area contributed by atoms with E-state index >= 15 is 0 Å². The second-order valence-electron chi connectivity index (χ2n) is 4.14. The molecule has 1 aromatic rings. The highest BCUT2D eigenvalue weighted by Gasteiger charge is 2.28. The molecule has 0 bridgehead atoms. The highest BCUT2D eigenvalue weighted by Crippen LogP contribution is 2.24. The maximum absolute atomic E-state index is 12.0. The van der Waals surface area contributed by atoms with Gasteiger partial charge in [0.2, 0.25) is 5.91 Å². The third kappa shape index (κ3) is 6.50. The molecule has 0 aromatic heterocycles. The lowest BCUT2D eigenvalue weighted by Crippen LogP contribution is -2.42. The van der Waals surface area contributed by atoms with Gasteiger partial charge in [0.15, 0.2) is 6.61 Å². The molecule has 6 nitrogen and oxygen atoms in total. The molecule has 0 heterocycles. The SMILES string of the molecule is CC(=O)NNC(=O)Nc1ccc(OCC(F)(F)F)c(C)c1. The van der Waals surface area contributed by atoms with E-state index in [-0.39, 0.29) is 5.75 Å². The van der Waals surface area contributed by atoms with Gasteiger partial charge in [0.05, 0.1) is 0 Å². The molecule has 21 heavy (non-hydrogen) atoms. The van der Waals surface area contributed by atoms with E-state index in [0.717, 1.165) is 0 Å². The molecule has 3 N–H and O–H groups in total. The highest BCUT2D eigenvalue weighted by molar-refractivity contribution is 5.90. The Morgan fingerprint density at radius 3 is 2.43 bits per heavy atom. The summed E-state index contributed by atoms with van der Waals surface area (Å²) in [5.74, 6) is -0.377. The number of carbonyl (C=O) groups is 2. The van der Waals surface area contributed by atoms with Crippen molar-refractivity contribution in [3.05, 3.63) is 23.8 Å². The van der Waals surface area contributed by atoms with Crippen molar-refractivity contribution < 1.29 is 27.5 Å². The summed E-state index contributed by atoms with van der Waals surface area (Å²) in [4.78, 5) is 21.9. The fourth-order valence-corrected chi connectivity index (χ4v) is 1.36. The summed E-state index contributed by atoms with van der Waals surface area (Å²) in [6.45, 7) is 1.38. The minimum atomic E-state index is -4.42. The van der Waals surface area contributed by atoms with E-state index in [1.54, 1.807) is 6.92 Å². The number of hydrazine groups is 1. The Morgan fingerprint density at radius 1 is 1.24 bits per heavy atom. The van der Waals surface area contributed by atoms with Crippen molar-refractivity contribution in [3.63, 3.8) is 0 Å². The van der Waals surface area contributed by atoms with Crippen LogP contribution in [0.3, 0.4) is 0 Å². The fourth-order valence-electron chi connectivity index (χ4n) is 1.36. The summed E-state index contributed by atoms with van der Waals surface area (Å²) in [6, 6.07) is 3.45. The van der Waals surface area contributed by atoms with E-state index in [2.05, 4.69) is 20.9 Å². The number of ether oxygens (including phenoxy) is 1. The summed E-state index contributed by atoms with van der Waals surface area (Å²) < 4.78 is 40.8. The van der Waals surface area contributed by atoms with Crippen LogP contribution in [-0.4, -0.2) is 24.7 Å². The predicted molar refractivity (Wildman–Crippen MR) is 68.7 cm³/mol. The molecule has 0 aliphatic carbocycles. The van der Waals surface area contributed by atoms with Crippen LogP contribution in [0, 0.1) is 6.92 Å². The molecule has 0 fully saturated rings. The molecule has 1 rings (SSSR count). The van der Waals surface area contributed by atoms with E-state index in [4.69, 9.17) is 0 Å². The van der Waals surface area contributed by atoms with Gasteiger partial charge in [-0.1, -0.05) is 0 Å². The Hall–Kier alpha value is -2.45. The Bertz CT molecular complexity index is 532. The van der Waals surface area contributed by atoms with E-state index < -0.39 is 24.7 Å². The van der Waals surface area contributed by atoms with Crippen LogP contribution >= 0.6 is 0 Å². The summed E-state index contributed by atoms with van der Waals surface area (Å²) in [5.41, 5.74) is 4.93. The van der Waals surface area contributed by atoms with E-state index in [9.17, 15) is 22.8 Å². The van der Waals surface area contributed by atoms with Crippen LogP contribution in [-0.2, 0) is 4.79 Å². The van der Waals surface area contributed by atoms with Crippen molar-refractivity contribution in [2.24, 2.45) is 0 Å². The summed E-state index contributed by atoms with van der Waals surface area (Å²) in [6.07, 6.45) is -4.42. The van der Waals surface area contributed by atoms with Gasteiger partial charge < -0.3 is 10.1 Å². The Morgan fingerprint density at radius 2 is 1.90 bits per heavy atom. The summed E-state index contributed by atoms with van der Waals surface area (Å²) in [5, 5.41) is 2.40. The van der Waals surface area contributed by atoms with Crippen LogP contribution in [0.5, 0.6) is 5.75 Å². The number of amides is 3. The number of anilines is 1. The van der Waals surface area contributed by atoms with Crippen LogP contribution < -0.4 is 20.9 Å². The van der Waals surface area contributed by atoms with Gasteiger partial charge in [0.25, 0.3) is 0 Å². The maximum Gasteiger partial charge on any atom is 0.422 e. The number of hydrogen-bond acceptors (Lipinski definition) is 3. The van der Waals surface area contributed by atoms with Crippen molar-refractivity contribution in [1.82, 2.24) is 10.9 Å². The molecular formula is C12H14F3N3O3. The first-order chi connectivity index (χ1) is 9.67. The van der Waals surface area contributed by atoms with Gasteiger partial charge in [-0.15, -0.1) is 0 Å². The van der Waals surface area contributed by atoms with E-state index in [1.165, 1.54) is 25.1 Å². The molecule has 0 radical (unpaired) electrons. The predicted octanol–water partition coefficient (Wildman–Crippen LogP) is 2.11. The number of aryl methyl sites for hydroxylation is 1. The van der Waals surface area contributed by atoms with Crippen LogP contribution in [0.2, 0.25) is 0 Å². The minimum Gasteiger partial charge on any atom is -0.484 e. The zero-order chi connectivity index (χ0) is 16.0. The average Bonchev–Trinajstić information content (AvgIpc) is 2.34. The molecule has 116 valence electrons. The van der Waals surface area contributed by atoms with Gasteiger partial charge in [0.1, 0.15) is 5.75 Å². The lowest BCUT2D eigenvalue weighted by molar-refractivity contribution is -0.153. The molecule has 9 heteroatoms. The number of alkyl halides is 3. The third-order valence-electron chi connectivity index (χ3n) is 2.18. The first-order valence-corrected chi connectivity index (χ1v) is 5.81. The standard InChI is InChI=1S/C12H14F3N3O3/c1-7-5-9(16-11(20)18-17-8(2)19)3-4-10(7)21-6-12(13,14)15/h3-5H,6H2,1-2H3,(H,17,19)(H2,16,18,20). The Kier molecular flexibility index (Phi) is 5.39. The number of benzene rings is 1. The number of nitrogens with one attached hydrogen (secondary N) is 3. The van der Waals surface area contributed by atoms with Crippen molar-refractivity contribution in [3.8, 4) is 5.75 Å². The monoisotopic (exact) mass is 305 g/mol. The van der Waals surface area contributed by atoms with E-state index in [1.807, 2.05) is 0 Å². The number of halogens is 3. The smallest absolute Gasteiger partial charge is 0.422 e. The molecule has 1 aromatic carbocycles. The summed E-state index contributed by atoms with van der Waals surface area (Å²) >= 11 is 0. The van der Waals surface area contributed by atoms with Gasteiger partial charge in [-0.05, 0) is 30.7 Å². The first kappa shape index (κ1) is 16.6. The number of rotatable bonds is 3. The summed E-state index contributed by atoms with van der Waals surface area (Å²) in [7, 11) is 0. The molecule has 0 unspecified atom stereocenters. The van der Waals surface area contributed by atoms with Crippen molar-refractivity contribution in [2.45, 2.75) is 20.0 Å². The normalized spacial score (nSPS) is 10.7. The quantitative estimate of drug-likeness (QED) is 0.748. The number of urea groups is 1. The maximum atomic E-state index is 12.0. The van der Waals surface area contributed by atoms with Crippen molar-refractivity contribution in [1.29, 1.82) is 0 Å². The zero-order valence-corrected chi connectivity index (χ0v) is 11.3. The third-order valence-corrected chi connectivity index (χ3v) is 2.18.